The lowest BCUT2D eigenvalue weighted by Gasteiger charge is -2.03. The highest BCUT2D eigenvalue weighted by atomic mass is 16.6. The van der Waals surface area contributed by atoms with E-state index >= 15 is 0 Å². The van der Waals surface area contributed by atoms with Crippen LogP contribution in [0.3, 0.4) is 0 Å². The molecule has 0 saturated carbocycles. The van der Waals surface area contributed by atoms with Gasteiger partial charge in [0, 0.05) is 24.2 Å². The van der Waals surface area contributed by atoms with Crippen molar-refractivity contribution in [3.8, 4) is 0 Å². The van der Waals surface area contributed by atoms with E-state index in [1.165, 1.54) is 18.2 Å². The van der Waals surface area contributed by atoms with E-state index in [1.807, 2.05) is 0 Å². The maximum absolute atomic E-state index is 10.7. The van der Waals surface area contributed by atoms with Crippen LogP contribution in [0.15, 0.2) is 18.2 Å². The van der Waals surface area contributed by atoms with Gasteiger partial charge in [-0.2, -0.15) is 0 Å². The van der Waals surface area contributed by atoms with Gasteiger partial charge in [0.2, 0.25) is 0 Å². The summed E-state index contributed by atoms with van der Waals surface area (Å²) in [6, 6.07) is 3.62. The number of hydrogen-bond acceptors (Lipinski definition) is 4. The number of aliphatic carboxylic acids is 1. The zero-order valence-electron chi connectivity index (χ0n) is 7.64. The van der Waals surface area contributed by atoms with E-state index in [0.717, 1.165) is 0 Å². The highest BCUT2D eigenvalue weighted by Gasteiger charge is 2.27. The molecule has 0 amide bonds. The first-order valence-corrected chi connectivity index (χ1v) is 4.34. The smallest absolute Gasteiger partial charge is 0.326 e. The number of fused-ring (bicyclic) bond motifs is 1. The van der Waals surface area contributed by atoms with Gasteiger partial charge in [-0.15, -0.1) is 0 Å². The minimum Gasteiger partial charge on any atom is -0.480 e. The molecule has 1 aromatic rings. The Morgan fingerprint density at radius 2 is 2.33 bits per heavy atom. The maximum atomic E-state index is 10.7. The zero-order chi connectivity index (χ0) is 11.0. The molecule has 15 heavy (non-hydrogen) atoms. The number of nitrogens with zero attached hydrogens (tertiary/aromatic N) is 1. The number of benzene rings is 1. The van der Waals surface area contributed by atoms with Crippen molar-refractivity contribution in [3.05, 3.63) is 33.9 Å². The van der Waals surface area contributed by atoms with Gasteiger partial charge in [-0.25, -0.2) is 4.79 Å². The minimum absolute atomic E-state index is 0.0124. The van der Waals surface area contributed by atoms with Crippen LogP contribution in [0.4, 0.5) is 11.4 Å². The molecule has 6 heteroatoms. The number of carboxylic acid groups (broad SMARTS) is 1. The molecule has 1 atom stereocenters. The van der Waals surface area contributed by atoms with Crippen LogP contribution in [-0.2, 0) is 11.2 Å². The molecule has 0 saturated heterocycles. The van der Waals surface area contributed by atoms with E-state index in [0.29, 0.717) is 11.3 Å². The van der Waals surface area contributed by atoms with Gasteiger partial charge in [-0.1, -0.05) is 0 Å². The molecule has 78 valence electrons. The standard InChI is InChI=1S/C9H8N2O4/c12-9(13)8-4-5-3-6(11(14)15)1-2-7(5)10-8/h1-3,8,10H,4H2,(H,12,13). The third kappa shape index (κ3) is 1.61. The van der Waals surface area contributed by atoms with Crippen LogP contribution in [0.1, 0.15) is 5.56 Å². The molecule has 2 rings (SSSR count). The Morgan fingerprint density at radius 3 is 2.93 bits per heavy atom. The van der Waals surface area contributed by atoms with Gasteiger partial charge in [0.15, 0.2) is 0 Å². The summed E-state index contributed by atoms with van der Waals surface area (Å²) in [5.74, 6) is -0.950. The topological polar surface area (TPSA) is 92.5 Å². The summed E-state index contributed by atoms with van der Waals surface area (Å²) in [6.07, 6.45) is 0.284. The van der Waals surface area contributed by atoms with Crippen molar-refractivity contribution in [1.82, 2.24) is 0 Å². The van der Waals surface area contributed by atoms with Gasteiger partial charge in [-0.05, 0) is 11.6 Å². The molecule has 1 aliphatic rings. The van der Waals surface area contributed by atoms with Crippen molar-refractivity contribution < 1.29 is 14.8 Å². The Balaban J connectivity index is 2.31. The van der Waals surface area contributed by atoms with Gasteiger partial charge in [0.25, 0.3) is 5.69 Å². The van der Waals surface area contributed by atoms with Crippen molar-refractivity contribution in [2.75, 3.05) is 5.32 Å². The molecule has 1 aromatic carbocycles. The van der Waals surface area contributed by atoms with E-state index in [2.05, 4.69) is 5.32 Å². The fraction of sp³-hybridized carbons (Fsp3) is 0.222. The number of hydrogen-bond donors (Lipinski definition) is 2. The average molecular weight is 208 g/mol. The molecule has 0 fully saturated rings. The van der Waals surface area contributed by atoms with Crippen LogP contribution in [0.2, 0.25) is 0 Å². The van der Waals surface area contributed by atoms with E-state index in [-0.39, 0.29) is 12.1 Å². The van der Waals surface area contributed by atoms with E-state index in [1.54, 1.807) is 0 Å². The third-order valence-electron chi connectivity index (χ3n) is 2.35. The number of carboxylic acids is 1. The van der Waals surface area contributed by atoms with Gasteiger partial charge in [0.1, 0.15) is 6.04 Å². The van der Waals surface area contributed by atoms with Crippen molar-refractivity contribution in [1.29, 1.82) is 0 Å². The first kappa shape index (κ1) is 9.45. The van der Waals surface area contributed by atoms with Crippen molar-refractivity contribution >= 4 is 17.3 Å². The Hall–Kier alpha value is -2.11. The van der Waals surface area contributed by atoms with Crippen LogP contribution >= 0.6 is 0 Å². The van der Waals surface area contributed by atoms with Gasteiger partial charge < -0.3 is 10.4 Å². The Morgan fingerprint density at radius 1 is 1.60 bits per heavy atom. The van der Waals surface area contributed by atoms with Crippen molar-refractivity contribution in [2.45, 2.75) is 12.5 Å². The lowest BCUT2D eigenvalue weighted by atomic mass is 10.1. The lowest BCUT2D eigenvalue weighted by Crippen LogP contribution is -2.26. The third-order valence-corrected chi connectivity index (χ3v) is 2.35. The van der Waals surface area contributed by atoms with E-state index in [9.17, 15) is 14.9 Å². The first-order valence-electron chi connectivity index (χ1n) is 4.34. The number of nitro benzene ring substituents is 1. The summed E-state index contributed by atoms with van der Waals surface area (Å²) in [4.78, 5) is 20.7. The number of anilines is 1. The van der Waals surface area contributed by atoms with Crippen LogP contribution in [0.5, 0.6) is 0 Å². The quantitative estimate of drug-likeness (QED) is 0.559. The molecule has 1 aliphatic heterocycles. The minimum atomic E-state index is -0.950. The van der Waals surface area contributed by atoms with Crippen LogP contribution in [0.25, 0.3) is 0 Å². The lowest BCUT2D eigenvalue weighted by molar-refractivity contribution is -0.384. The molecule has 6 nitrogen and oxygen atoms in total. The average Bonchev–Trinajstić information content (AvgIpc) is 2.59. The maximum Gasteiger partial charge on any atom is 0.326 e. The highest BCUT2D eigenvalue weighted by molar-refractivity contribution is 5.81. The number of rotatable bonds is 2. The molecule has 1 heterocycles. The number of carbonyl (C=O) groups is 1. The Kier molecular flexibility index (Phi) is 2.03. The second-order valence-electron chi connectivity index (χ2n) is 3.34. The summed E-state index contributed by atoms with van der Waals surface area (Å²) in [5, 5.41) is 22.0. The molecule has 1 unspecified atom stereocenters. The molecule has 2 N–H and O–H groups in total. The van der Waals surface area contributed by atoms with E-state index < -0.39 is 16.9 Å². The molecule has 0 radical (unpaired) electrons. The summed E-state index contributed by atoms with van der Waals surface area (Å²) in [7, 11) is 0. The van der Waals surface area contributed by atoms with Gasteiger partial charge in [0.05, 0.1) is 4.92 Å². The predicted molar refractivity (Wildman–Crippen MR) is 51.8 cm³/mol. The fourth-order valence-corrected chi connectivity index (χ4v) is 1.61. The number of nitrogens with one attached hydrogen (secondary N) is 1. The normalized spacial score (nSPS) is 18.0. The molecule has 0 aromatic heterocycles. The van der Waals surface area contributed by atoms with Crippen LogP contribution in [-0.4, -0.2) is 22.0 Å². The summed E-state index contributed by atoms with van der Waals surface area (Å²) < 4.78 is 0. The van der Waals surface area contributed by atoms with Gasteiger partial charge >= 0.3 is 5.97 Å². The summed E-state index contributed by atoms with van der Waals surface area (Å²) in [6.45, 7) is 0. The Bertz CT molecular complexity index is 444. The van der Waals surface area contributed by atoms with Gasteiger partial charge in [-0.3, -0.25) is 10.1 Å². The van der Waals surface area contributed by atoms with Crippen LogP contribution in [0, 0.1) is 10.1 Å². The van der Waals surface area contributed by atoms with Crippen LogP contribution < -0.4 is 5.32 Å². The largest absolute Gasteiger partial charge is 0.480 e. The molecule has 0 aliphatic carbocycles. The predicted octanol–water partition coefficient (Wildman–Crippen LogP) is 1.02. The number of non-ortho nitro benzene ring substituents is 1. The second-order valence-corrected chi connectivity index (χ2v) is 3.34. The van der Waals surface area contributed by atoms with E-state index in [4.69, 9.17) is 5.11 Å². The fourth-order valence-electron chi connectivity index (χ4n) is 1.61. The zero-order valence-corrected chi connectivity index (χ0v) is 7.64. The summed E-state index contributed by atoms with van der Waals surface area (Å²) >= 11 is 0. The van der Waals surface area contributed by atoms with Crippen molar-refractivity contribution in [3.63, 3.8) is 0 Å². The SMILES string of the molecule is O=C(O)C1Cc2cc([N+](=O)[O-])ccc2N1. The highest BCUT2D eigenvalue weighted by Crippen LogP contribution is 2.29. The molecular weight excluding hydrogens is 200 g/mol. The molecule has 0 spiro atoms. The molecular formula is C9H8N2O4. The summed E-state index contributed by atoms with van der Waals surface area (Å²) in [5.41, 5.74) is 1.33. The monoisotopic (exact) mass is 208 g/mol. The molecule has 0 bridgehead atoms. The Labute approximate surface area is 84.7 Å². The number of nitro groups is 1. The second kappa shape index (κ2) is 3.23. The van der Waals surface area contributed by atoms with Crippen molar-refractivity contribution in [2.24, 2.45) is 0 Å². The first-order chi connectivity index (χ1) is 7.08.